The number of carbonyl (C=O) groups is 1. The molecule has 1 aromatic carbocycles. The van der Waals surface area contributed by atoms with Gasteiger partial charge in [-0.15, -0.1) is 0 Å². The number of ether oxygens (including phenoxy) is 1. The van der Waals surface area contributed by atoms with Gasteiger partial charge in [-0.2, -0.15) is 0 Å². The zero-order valence-electron chi connectivity index (χ0n) is 16.0. The fourth-order valence-corrected chi connectivity index (χ4v) is 3.14. The van der Waals surface area contributed by atoms with Crippen molar-refractivity contribution in [1.82, 2.24) is 10.2 Å². The molecule has 0 saturated heterocycles. The Kier molecular flexibility index (Phi) is 7.44. The molecule has 25 heavy (non-hydrogen) atoms. The van der Waals surface area contributed by atoms with Crippen LogP contribution in [0.15, 0.2) is 29.2 Å². The first-order chi connectivity index (χ1) is 11.4. The summed E-state index contributed by atoms with van der Waals surface area (Å²) in [6.45, 7) is 8.28. The Bertz CT molecular complexity index is 665. The lowest BCUT2D eigenvalue weighted by Crippen LogP contribution is -2.48. The Balaban J connectivity index is 2.59. The van der Waals surface area contributed by atoms with E-state index in [1.54, 1.807) is 12.1 Å². The average molecular weight is 371 g/mol. The molecule has 0 aliphatic heterocycles. The molecule has 0 radical (unpaired) electrons. The topological polar surface area (TPSA) is 75.7 Å². The van der Waals surface area contributed by atoms with E-state index in [0.29, 0.717) is 12.3 Å². The summed E-state index contributed by atoms with van der Waals surface area (Å²) in [6.07, 6.45) is -0.0339. The van der Waals surface area contributed by atoms with Crippen molar-refractivity contribution in [2.24, 2.45) is 0 Å². The van der Waals surface area contributed by atoms with Crippen molar-refractivity contribution in [2.45, 2.75) is 50.7 Å². The number of hydrogen-bond acceptors (Lipinski definition) is 5. The number of sulfone groups is 1. The lowest BCUT2D eigenvalue weighted by atomic mass is 10.0. The first kappa shape index (κ1) is 21.4. The molecule has 0 bridgehead atoms. The third-order valence-corrected chi connectivity index (χ3v) is 5.81. The van der Waals surface area contributed by atoms with Crippen LogP contribution in [0.3, 0.4) is 0 Å². The van der Waals surface area contributed by atoms with E-state index in [9.17, 15) is 13.2 Å². The van der Waals surface area contributed by atoms with Crippen LogP contribution >= 0.6 is 0 Å². The van der Waals surface area contributed by atoms with Crippen LogP contribution in [0.5, 0.6) is 5.75 Å². The summed E-state index contributed by atoms with van der Waals surface area (Å²) in [5.41, 5.74) is -0.194. The monoisotopic (exact) mass is 370 g/mol. The molecule has 0 fully saturated rings. The van der Waals surface area contributed by atoms with Crippen molar-refractivity contribution in [1.29, 1.82) is 0 Å². The Morgan fingerprint density at radius 3 is 2.24 bits per heavy atom. The van der Waals surface area contributed by atoms with Gasteiger partial charge in [0.25, 0.3) is 0 Å². The molecule has 0 heterocycles. The quantitative estimate of drug-likeness (QED) is 0.720. The van der Waals surface area contributed by atoms with Gasteiger partial charge >= 0.3 is 0 Å². The van der Waals surface area contributed by atoms with Crippen molar-refractivity contribution >= 4 is 15.7 Å². The molecule has 0 saturated carbocycles. The van der Waals surface area contributed by atoms with Gasteiger partial charge in [0.1, 0.15) is 5.75 Å². The van der Waals surface area contributed by atoms with Gasteiger partial charge in [0.15, 0.2) is 9.84 Å². The molecule has 7 heteroatoms. The summed E-state index contributed by atoms with van der Waals surface area (Å²) in [4.78, 5) is 14.2. The number of nitrogens with zero attached hydrogens (tertiary/aromatic N) is 1. The first-order valence-corrected chi connectivity index (χ1v) is 10.0. The number of rotatable bonds is 9. The minimum atomic E-state index is -3.50. The Labute approximate surface area is 151 Å². The van der Waals surface area contributed by atoms with Crippen molar-refractivity contribution in [3.8, 4) is 5.75 Å². The average Bonchev–Trinajstić information content (AvgIpc) is 2.51. The van der Waals surface area contributed by atoms with E-state index in [0.717, 1.165) is 0 Å². The van der Waals surface area contributed by atoms with Crippen LogP contribution in [0.4, 0.5) is 0 Å². The van der Waals surface area contributed by atoms with Crippen LogP contribution < -0.4 is 10.1 Å². The fourth-order valence-electron chi connectivity index (χ4n) is 1.90. The zero-order valence-corrected chi connectivity index (χ0v) is 16.8. The molecule has 0 spiro atoms. The van der Waals surface area contributed by atoms with Gasteiger partial charge in [0.2, 0.25) is 5.91 Å². The predicted molar refractivity (Wildman–Crippen MR) is 99.7 cm³/mol. The summed E-state index contributed by atoms with van der Waals surface area (Å²) >= 11 is 0. The number of benzene rings is 1. The van der Waals surface area contributed by atoms with Gasteiger partial charge in [-0.05, 0) is 66.1 Å². The molecule has 0 aliphatic rings. The summed E-state index contributed by atoms with van der Waals surface area (Å²) in [5.74, 6) is 0.141. The highest BCUT2D eigenvalue weighted by atomic mass is 32.2. The van der Waals surface area contributed by atoms with Crippen LogP contribution in [0.1, 0.15) is 34.1 Å². The molecule has 0 aliphatic carbocycles. The molecule has 1 N–H and O–H groups in total. The lowest BCUT2D eigenvalue weighted by molar-refractivity contribution is -0.121. The van der Waals surface area contributed by atoms with Crippen LogP contribution in [0.2, 0.25) is 0 Å². The highest BCUT2D eigenvalue weighted by molar-refractivity contribution is 7.91. The number of carbonyl (C=O) groups excluding carboxylic acids is 1. The Morgan fingerprint density at radius 2 is 1.76 bits per heavy atom. The van der Waals surface area contributed by atoms with Crippen LogP contribution in [-0.2, 0) is 14.6 Å². The van der Waals surface area contributed by atoms with Gasteiger partial charge in [-0.1, -0.05) is 0 Å². The second-order valence-corrected chi connectivity index (χ2v) is 9.30. The molecule has 1 rings (SSSR count). The van der Waals surface area contributed by atoms with Crippen molar-refractivity contribution < 1.29 is 17.9 Å². The van der Waals surface area contributed by atoms with E-state index >= 15 is 0 Å². The van der Waals surface area contributed by atoms with Crippen LogP contribution in [-0.4, -0.2) is 57.3 Å². The third-order valence-electron chi connectivity index (χ3n) is 4.08. The van der Waals surface area contributed by atoms with E-state index < -0.39 is 9.84 Å². The van der Waals surface area contributed by atoms with Gasteiger partial charge < -0.3 is 15.0 Å². The maximum atomic E-state index is 12.4. The normalized spacial score (nSPS) is 12.5. The molecule has 142 valence electrons. The number of amides is 1. The van der Waals surface area contributed by atoms with E-state index in [1.165, 1.54) is 12.1 Å². The lowest BCUT2D eigenvalue weighted by Gasteiger charge is -2.32. The maximum Gasteiger partial charge on any atom is 0.221 e. The molecule has 0 aromatic heterocycles. The summed E-state index contributed by atoms with van der Waals surface area (Å²) in [6, 6.07) is 6.29. The number of hydrogen-bond donors (Lipinski definition) is 1. The maximum absolute atomic E-state index is 12.4. The van der Waals surface area contributed by atoms with E-state index in [4.69, 9.17) is 4.74 Å². The summed E-state index contributed by atoms with van der Waals surface area (Å²) in [5, 5.41) is 2.79. The highest BCUT2D eigenvalue weighted by Crippen LogP contribution is 2.18. The molecule has 6 nitrogen and oxygen atoms in total. The van der Waals surface area contributed by atoms with Crippen molar-refractivity contribution in [2.75, 3.05) is 26.4 Å². The molecule has 0 unspecified atom stereocenters. The van der Waals surface area contributed by atoms with Crippen LogP contribution in [0.25, 0.3) is 0 Å². The minimum absolute atomic E-state index is 0.0255. The minimum Gasteiger partial charge on any atom is -0.491 e. The van der Waals surface area contributed by atoms with Crippen molar-refractivity contribution in [3.05, 3.63) is 24.3 Å². The standard InChI is InChI=1S/C18H30N2O4S/c1-14(2)24-15-7-9-16(10-8-15)25(22,23)12-11-17(21)19-13-18(3,4)20(5)6/h7-10,14H,11-13H2,1-6H3,(H,19,21). The zero-order chi connectivity index (χ0) is 19.3. The summed E-state index contributed by atoms with van der Waals surface area (Å²) < 4.78 is 30.2. The number of nitrogens with one attached hydrogen (secondary N) is 1. The fraction of sp³-hybridized carbons (Fsp3) is 0.611. The van der Waals surface area contributed by atoms with Crippen LogP contribution in [0, 0.1) is 0 Å². The second kappa shape index (κ2) is 8.67. The van der Waals surface area contributed by atoms with Gasteiger partial charge in [0.05, 0.1) is 16.8 Å². The van der Waals surface area contributed by atoms with E-state index in [1.807, 2.05) is 46.7 Å². The number of likely N-dealkylation sites (N-methyl/N-ethyl adjacent to an activating group) is 1. The molecule has 1 aromatic rings. The van der Waals surface area contributed by atoms with Gasteiger partial charge in [0, 0.05) is 18.5 Å². The third kappa shape index (κ3) is 7.04. The molecule has 1 amide bonds. The van der Waals surface area contributed by atoms with E-state index in [2.05, 4.69) is 5.32 Å². The molecule has 0 atom stereocenters. The highest BCUT2D eigenvalue weighted by Gasteiger charge is 2.22. The summed E-state index contributed by atoms with van der Waals surface area (Å²) in [7, 11) is 0.370. The Hall–Kier alpha value is -1.60. The predicted octanol–water partition coefficient (Wildman–Crippen LogP) is 2.09. The van der Waals surface area contributed by atoms with E-state index in [-0.39, 0.29) is 34.6 Å². The first-order valence-electron chi connectivity index (χ1n) is 8.37. The second-order valence-electron chi connectivity index (χ2n) is 7.19. The SMILES string of the molecule is CC(C)Oc1ccc(S(=O)(=O)CCC(=O)NCC(C)(C)N(C)C)cc1. The van der Waals surface area contributed by atoms with Gasteiger partial charge in [-0.25, -0.2) is 8.42 Å². The smallest absolute Gasteiger partial charge is 0.221 e. The largest absolute Gasteiger partial charge is 0.491 e. The van der Waals surface area contributed by atoms with Gasteiger partial charge in [-0.3, -0.25) is 4.79 Å². The Morgan fingerprint density at radius 1 is 1.20 bits per heavy atom. The molecular weight excluding hydrogens is 340 g/mol. The van der Waals surface area contributed by atoms with Crippen molar-refractivity contribution in [3.63, 3.8) is 0 Å². The molecular formula is C18H30N2O4S.